The molecule has 2 nitrogen and oxygen atoms in total. The van der Waals surface area contributed by atoms with Gasteiger partial charge in [-0.05, 0) is 69.4 Å². The average Bonchev–Trinajstić information content (AvgIpc) is 2.73. The van der Waals surface area contributed by atoms with Crippen molar-refractivity contribution in [3.8, 4) is 0 Å². The number of fused-ring (bicyclic) bond motifs is 1. The Balaban J connectivity index is 2.00. The van der Waals surface area contributed by atoms with Gasteiger partial charge in [-0.25, -0.2) is 0 Å². The quantitative estimate of drug-likeness (QED) is 0.828. The van der Waals surface area contributed by atoms with E-state index in [9.17, 15) is 5.11 Å². The summed E-state index contributed by atoms with van der Waals surface area (Å²) < 4.78 is 0. The SMILES string of the molecule is CN(C)CCCC1(O)c2ccccc2CCCC1c1ccccc1. The van der Waals surface area contributed by atoms with Gasteiger partial charge in [0.15, 0.2) is 0 Å². The first kappa shape index (κ1) is 17.2. The third-order valence-electron chi connectivity index (χ3n) is 5.36. The Morgan fingerprint density at radius 2 is 1.75 bits per heavy atom. The van der Waals surface area contributed by atoms with E-state index in [0.717, 1.165) is 44.2 Å². The van der Waals surface area contributed by atoms with Crippen molar-refractivity contribution in [3.05, 3.63) is 71.3 Å². The van der Waals surface area contributed by atoms with Gasteiger partial charge in [0.2, 0.25) is 0 Å². The molecule has 0 bridgehead atoms. The van der Waals surface area contributed by atoms with Crippen LogP contribution in [0, 0.1) is 0 Å². The fourth-order valence-electron chi connectivity index (χ4n) is 4.19. The second-order valence-electron chi connectivity index (χ2n) is 7.34. The molecule has 1 aliphatic rings. The summed E-state index contributed by atoms with van der Waals surface area (Å²) in [5.41, 5.74) is 2.96. The van der Waals surface area contributed by atoms with Crippen LogP contribution in [-0.2, 0) is 12.0 Å². The van der Waals surface area contributed by atoms with Crippen LogP contribution < -0.4 is 0 Å². The first-order valence-corrected chi connectivity index (χ1v) is 9.12. The molecular weight excluding hydrogens is 294 g/mol. The molecule has 0 saturated heterocycles. The van der Waals surface area contributed by atoms with Crippen molar-refractivity contribution in [3.63, 3.8) is 0 Å². The molecule has 3 rings (SSSR count). The average molecular weight is 323 g/mol. The van der Waals surface area contributed by atoms with E-state index in [1.807, 2.05) is 0 Å². The van der Waals surface area contributed by atoms with E-state index in [4.69, 9.17) is 0 Å². The van der Waals surface area contributed by atoms with Crippen LogP contribution in [0.5, 0.6) is 0 Å². The van der Waals surface area contributed by atoms with Crippen molar-refractivity contribution >= 4 is 0 Å². The summed E-state index contributed by atoms with van der Waals surface area (Å²) in [6.07, 6.45) is 5.04. The molecule has 2 aromatic carbocycles. The number of hydrogen-bond acceptors (Lipinski definition) is 2. The lowest BCUT2D eigenvalue weighted by Gasteiger charge is -2.37. The molecule has 2 unspecified atom stereocenters. The number of benzene rings is 2. The summed E-state index contributed by atoms with van der Waals surface area (Å²) in [4.78, 5) is 2.20. The second-order valence-corrected chi connectivity index (χ2v) is 7.34. The molecule has 24 heavy (non-hydrogen) atoms. The van der Waals surface area contributed by atoms with E-state index >= 15 is 0 Å². The highest BCUT2D eigenvalue weighted by atomic mass is 16.3. The van der Waals surface area contributed by atoms with Gasteiger partial charge >= 0.3 is 0 Å². The highest BCUT2D eigenvalue weighted by Crippen LogP contribution is 2.47. The third-order valence-corrected chi connectivity index (χ3v) is 5.36. The van der Waals surface area contributed by atoms with Gasteiger partial charge in [0, 0.05) is 5.92 Å². The van der Waals surface area contributed by atoms with Gasteiger partial charge in [-0.1, -0.05) is 54.6 Å². The molecule has 0 aromatic heterocycles. The van der Waals surface area contributed by atoms with Crippen LogP contribution in [0.2, 0.25) is 0 Å². The Bertz CT molecular complexity index is 652. The zero-order valence-electron chi connectivity index (χ0n) is 14.9. The Labute approximate surface area is 146 Å². The zero-order valence-corrected chi connectivity index (χ0v) is 14.9. The lowest BCUT2D eigenvalue weighted by Crippen LogP contribution is -2.34. The highest BCUT2D eigenvalue weighted by molar-refractivity contribution is 5.38. The van der Waals surface area contributed by atoms with Crippen LogP contribution in [0.3, 0.4) is 0 Å². The fourth-order valence-corrected chi connectivity index (χ4v) is 4.19. The van der Waals surface area contributed by atoms with Crippen molar-refractivity contribution in [2.75, 3.05) is 20.6 Å². The van der Waals surface area contributed by atoms with Crippen molar-refractivity contribution in [1.29, 1.82) is 0 Å². The third kappa shape index (κ3) is 3.55. The molecule has 0 aliphatic heterocycles. The van der Waals surface area contributed by atoms with Crippen LogP contribution in [0.1, 0.15) is 48.3 Å². The summed E-state index contributed by atoms with van der Waals surface area (Å²) in [6, 6.07) is 19.1. The van der Waals surface area contributed by atoms with Crippen LogP contribution in [0.25, 0.3) is 0 Å². The molecular formula is C22H29NO. The van der Waals surface area contributed by atoms with Crippen molar-refractivity contribution in [1.82, 2.24) is 4.90 Å². The van der Waals surface area contributed by atoms with E-state index in [0.29, 0.717) is 0 Å². The number of hydrogen-bond donors (Lipinski definition) is 1. The van der Waals surface area contributed by atoms with Crippen LogP contribution in [0.4, 0.5) is 0 Å². The molecule has 2 aromatic rings. The molecule has 0 saturated carbocycles. The maximum absolute atomic E-state index is 11.9. The molecule has 2 atom stereocenters. The Morgan fingerprint density at radius 3 is 2.50 bits per heavy atom. The van der Waals surface area contributed by atoms with Gasteiger partial charge in [-0.2, -0.15) is 0 Å². The normalized spacial score (nSPS) is 23.8. The van der Waals surface area contributed by atoms with Crippen LogP contribution >= 0.6 is 0 Å². The minimum Gasteiger partial charge on any atom is -0.385 e. The summed E-state index contributed by atoms with van der Waals surface area (Å²) >= 11 is 0. The summed E-state index contributed by atoms with van der Waals surface area (Å²) in [5.74, 6) is 0.171. The first-order chi connectivity index (χ1) is 11.6. The van der Waals surface area contributed by atoms with Gasteiger partial charge in [0.25, 0.3) is 0 Å². The van der Waals surface area contributed by atoms with E-state index in [1.165, 1.54) is 11.1 Å². The van der Waals surface area contributed by atoms with E-state index in [1.54, 1.807) is 0 Å². The zero-order chi connectivity index (χ0) is 17.0. The topological polar surface area (TPSA) is 23.5 Å². The standard InChI is InChI=1S/C22H29NO/c1-23(2)17-9-16-22(24)20-14-7-6-12-19(20)13-8-15-21(22)18-10-4-3-5-11-18/h3-7,10-12,14,21,24H,8-9,13,15-17H2,1-2H3. The summed E-state index contributed by atoms with van der Waals surface area (Å²) in [7, 11) is 4.19. The van der Waals surface area contributed by atoms with E-state index in [2.05, 4.69) is 73.6 Å². The van der Waals surface area contributed by atoms with Crippen LogP contribution in [0.15, 0.2) is 54.6 Å². The molecule has 0 radical (unpaired) electrons. The lowest BCUT2D eigenvalue weighted by atomic mass is 9.73. The maximum Gasteiger partial charge on any atom is 0.0967 e. The number of aryl methyl sites for hydroxylation is 1. The Morgan fingerprint density at radius 1 is 1.04 bits per heavy atom. The molecule has 0 amide bonds. The smallest absolute Gasteiger partial charge is 0.0967 e. The molecule has 0 fully saturated rings. The molecule has 0 heterocycles. The second kappa shape index (κ2) is 7.50. The minimum absolute atomic E-state index is 0.171. The minimum atomic E-state index is -0.773. The van der Waals surface area contributed by atoms with Gasteiger partial charge in [-0.15, -0.1) is 0 Å². The first-order valence-electron chi connectivity index (χ1n) is 9.12. The number of rotatable bonds is 5. The van der Waals surface area contributed by atoms with E-state index in [-0.39, 0.29) is 5.92 Å². The monoisotopic (exact) mass is 323 g/mol. The molecule has 2 heteroatoms. The number of aliphatic hydroxyl groups is 1. The summed E-state index contributed by atoms with van der Waals surface area (Å²) in [5, 5.41) is 11.9. The molecule has 1 N–H and O–H groups in total. The summed E-state index contributed by atoms with van der Waals surface area (Å²) in [6.45, 7) is 1.01. The van der Waals surface area contributed by atoms with Gasteiger partial charge < -0.3 is 10.0 Å². The predicted octanol–water partition coefficient (Wildman–Crippen LogP) is 4.34. The predicted molar refractivity (Wildman–Crippen MR) is 100 cm³/mol. The van der Waals surface area contributed by atoms with Crippen molar-refractivity contribution < 1.29 is 5.11 Å². The largest absolute Gasteiger partial charge is 0.385 e. The lowest BCUT2D eigenvalue weighted by molar-refractivity contribution is -0.00604. The molecule has 1 aliphatic carbocycles. The van der Waals surface area contributed by atoms with Crippen LogP contribution in [-0.4, -0.2) is 30.6 Å². The van der Waals surface area contributed by atoms with Gasteiger partial charge in [-0.3, -0.25) is 0 Å². The molecule has 0 spiro atoms. The van der Waals surface area contributed by atoms with Crippen molar-refractivity contribution in [2.45, 2.75) is 43.6 Å². The number of nitrogens with zero attached hydrogens (tertiary/aromatic N) is 1. The Kier molecular flexibility index (Phi) is 5.37. The highest BCUT2D eigenvalue weighted by Gasteiger charge is 2.41. The van der Waals surface area contributed by atoms with Gasteiger partial charge in [0.05, 0.1) is 5.60 Å². The van der Waals surface area contributed by atoms with Gasteiger partial charge in [0.1, 0.15) is 0 Å². The van der Waals surface area contributed by atoms with E-state index < -0.39 is 5.60 Å². The van der Waals surface area contributed by atoms with Crippen molar-refractivity contribution in [2.24, 2.45) is 0 Å². The molecule has 128 valence electrons. The fraction of sp³-hybridized carbons (Fsp3) is 0.455. The maximum atomic E-state index is 11.9. The Hall–Kier alpha value is -1.64.